The average Bonchev–Trinajstić information content (AvgIpc) is 1.69. The molecule has 0 aliphatic heterocycles. The quantitative estimate of drug-likeness (QED) is 0.460. The first-order valence-corrected chi connectivity index (χ1v) is 2.78. The van der Waals surface area contributed by atoms with E-state index in [1.807, 2.05) is 6.92 Å². The number of hydrogen-bond donors (Lipinski definition) is 2. The second-order valence-corrected chi connectivity index (χ2v) is 1.89. The van der Waals surface area contributed by atoms with E-state index < -0.39 is 0 Å². The number of nitrogens with zero attached hydrogens (tertiary/aromatic N) is 1. The van der Waals surface area contributed by atoms with Gasteiger partial charge in [-0.25, -0.2) is 16.0 Å². The van der Waals surface area contributed by atoms with Crippen molar-refractivity contribution in [1.29, 1.82) is 0 Å². The van der Waals surface area contributed by atoms with Crippen molar-refractivity contribution in [1.82, 2.24) is 16.0 Å². The summed E-state index contributed by atoms with van der Waals surface area (Å²) in [4.78, 5) is 0.773. The molecule has 0 amide bonds. The van der Waals surface area contributed by atoms with Crippen LogP contribution in [0.25, 0.3) is 0 Å². The van der Waals surface area contributed by atoms with E-state index >= 15 is 0 Å². The lowest BCUT2D eigenvalue weighted by Crippen LogP contribution is -2.46. The Labute approximate surface area is 67.1 Å². The molecule has 0 bridgehead atoms. The first-order valence-electron chi connectivity index (χ1n) is 2.37. The Morgan fingerprint density at radius 1 is 1.33 bits per heavy atom. The van der Waals surface area contributed by atoms with Crippen LogP contribution in [-0.2, 0) is 0 Å². The summed E-state index contributed by atoms with van der Waals surface area (Å²) in [5.41, 5.74) is 5.66. The fourth-order valence-electron chi connectivity index (χ4n) is 0.427. The highest BCUT2D eigenvalue weighted by Gasteiger charge is 1.94. The Morgan fingerprint density at radius 3 is 1.67 bits per heavy atom. The van der Waals surface area contributed by atoms with Crippen molar-refractivity contribution in [3.63, 3.8) is 0 Å². The van der Waals surface area contributed by atoms with Gasteiger partial charge in [-0.05, 0) is 6.92 Å². The lowest BCUT2D eigenvalue weighted by molar-refractivity contribution is 0.270. The Balaban J connectivity index is 0. The molecule has 5 heteroatoms. The number of hydrogen-bond acceptors (Lipinski definition) is 3. The summed E-state index contributed by atoms with van der Waals surface area (Å²) >= 11 is 4.82. The SMILES string of the molecule is CNN(NC)C(C)=S.Cl. The summed E-state index contributed by atoms with van der Waals surface area (Å²) in [5, 5.41) is 1.65. The topological polar surface area (TPSA) is 27.3 Å². The van der Waals surface area contributed by atoms with E-state index in [1.54, 1.807) is 19.2 Å². The van der Waals surface area contributed by atoms with Gasteiger partial charge in [0.1, 0.15) is 4.99 Å². The molecule has 3 nitrogen and oxygen atoms in total. The molecule has 9 heavy (non-hydrogen) atoms. The van der Waals surface area contributed by atoms with Crippen molar-refractivity contribution in [3.05, 3.63) is 0 Å². The van der Waals surface area contributed by atoms with E-state index in [4.69, 9.17) is 12.2 Å². The molecule has 2 N–H and O–H groups in total. The Kier molecular flexibility index (Phi) is 8.19. The third-order valence-electron chi connectivity index (χ3n) is 0.762. The molecule has 0 aromatic heterocycles. The van der Waals surface area contributed by atoms with Crippen LogP contribution in [-0.4, -0.2) is 24.2 Å². The molecular weight excluding hydrogens is 158 g/mol. The zero-order valence-corrected chi connectivity index (χ0v) is 7.40. The first-order chi connectivity index (χ1) is 3.72. The van der Waals surface area contributed by atoms with Gasteiger partial charge in [0.2, 0.25) is 0 Å². The van der Waals surface area contributed by atoms with E-state index in [0.717, 1.165) is 4.99 Å². The van der Waals surface area contributed by atoms with Gasteiger partial charge in [0, 0.05) is 14.1 Å². The minimum atomic E-state index is 0. The molecule has 0 unspecified atom stereocenters. The molecule has 0 rings (SSSR count). The minimum Gasteiger partial charge on any atom is -0.236 e. The lowest BCUT2D eigenvalue weighted by atomic mass is 10.8. The van der Waals surface area contributed by atoms with Crippen LogP contribution in [0.5, 0.6) is 0 Å². The fourth-order valence-corrected chi connectivity index (χ4v) is 0.609. The highest BCUT2D eigenvalue weighted by atomic mass is 35.5. The molecule has 0 saturated carbocycles. The van der Waals surface area contributed by atoms with Crippen molar-refractivity contribution in [2.45, 2.75) is 6.92 Å². The van der Waals surface area contributed by atoms with E-state index in [0.29, 0.717) is 0 Å². The first kappa shape index (κ1) is 11.8. The number of nitrogens with one attached hydrogen (secondary N) is 2. The number of rotatable bonds is 2. The molecule has 0 saturated heterocycles. The average molecular weight is 170 g/mol. The second kappa shape index (κ2) is 6.22. The van der Waals surface area contributed by atoms with Crippen LogP contribution in [0.2, 0.25) is 0 Å². The minimum absolute atomic E-state index is 0. The standard InChI is InChI=1S/C4H11N3S.ClH/c1-4(8)7(5-2)6-3;/h5-6H,1-3H3;1H. The largest absolute Gasteiger partial charge is 0.236 e. The maximum atomic E-state index is 4.82. The highest BCUT2D eigenvalue weighted by Crippen LogP contribution is 1.76. The van der Waals surface area contributed by atoms with Crippen molar-refractivity contribution in [3.8, 4) is 0 Å². The van der Waals surface area contributed by atoms with Crippen LogP contribution in [0.15, 0.2) is 0 Å². The van der Waals surface area contributed by atoms with Gasteiger partial charge in [0.25, 0.3) is 0 Å². The van der Waals surface area contributed by atoms with Crippen LogP contribution in [0.3, 0.4) is 0 Å². The van der Waals surface area contributed by atoms with E-state index in [9.17, 15) is 0 Å². The van der Waals surface area contributed by atoms with Gasteiger partial charge < -0.3 is 0 Å². The predicted octanol–water partition coefficient (Wildman–Crippen LogP) is 0.326. The van der Waals surface area contributed by atoms with Gasteiger partial charge in [-0.15, -0.1) is 12.4 Å². The van der Waals surface area contributed by atoms with Gasteiger partial charge >= 0.3 is 0 Å². The molecule has 0 aromatic carbocycles. The summed E-state index contributed by atoms with van der Waals surface area (Å²) < 4.78 is 0. The maximum absolute atomic E-state index is 4.82. The number of halogens is 1. The van der Waals surface area contributed by atoms with Crippen molar-refractivity contribution >= 4 is 29.6 Å². The lowest BCUT2D eigenvalue weighted by Gasteiger charge is -2.19. The molecule has 0 aromatic rings. The summed E-state index contributed by atoms with van der Waals surface area (Å²) in [6.07, 6.45) is 0. The van der Waals surface area contributed by atoms with Crippen LogP contribution in [0.1, 0.15) is 6.92 Å². The summed E-state index contributed by atoms with van der Waals surface area (Å²) in [6, 6.07) is 0. The van der Waals surface area contributed by atoms with Crippen LogP contribution in [0, 0.1) is 0 Å². The molecule has 0 fully saturated rings. The maximum Gasteiger partial charge on any atom is 0.107 e. The van der Waals surface area contributed by atoms with Crippen LogP contribution in [0.4, 0.5) is 0 Å². The third kappa shape index (κ3) is 4.59. The van der Waals surface area contributed by atoms with E-state index in [-0.39, 0.29) is 12.4 Å². The Morgan fingerprint density at radius 2 is 1.67 bits per heavy atom. The Bertz CT molecular complexity index is 83.9. The van der Waals surface area contributed by atoms with Crippen molar-refractivity contribution < 1.29 is 0 Å². The van der Waals surface area contributed by atoms with E-state index in [1.165, 1.54) is 0 Å². The van der Waals surface area contributed by atoms with Crippen molar-refractivity contribution in [2.75, 3.05) is 14.1 Å². The molecule has 0 heterocycles. The van der Waals surface area contributed by atoms with Gasteiger partial charge in [0.15, 0.2) is 0 Å². The van der Waals surface area contributed by atoms with Crippen molar-refractivity contribution in [2.24, 2.45) is 0 Å². The van der Waals surface area contributed by atoms with Gasteiger partial charge in [0.05, 0.1) is 0 Å². The second-order valence-electron chi connectivity index (χ2n) is 1.30. The molecule has 0 spiro atoms. The molecule has 56 valence electrons. The van der Waals surface area contributed by atoms with Gasteiger partial charge in [-0.3, -0.25) is 0 Å². The fraction of sp³-hybridized carbons (Fsp3) is 0.750. The van der Waals surface area contributed by atoms with E-state index in [2.05, 4.69) is 10.9 Å². The highest BCUT2D eigenvalue weighted by molar-refractivity contribution is 7.80. The summed E-state index contributed by atoms with van der Waals surface area (Å²) in [6.45, 7) is 1.84. The third-order valence-corrected chi connectivity index (χ3v) is 0.945. The monoisotopic (exact) mass is 169 g/mol. The predicted molar refractivity (Wildman–Crippen MR) is 45.5 cm³/mol. The van der Waals surface area contributed by atoms with Crippen LogP contribution >= 0.6 is 24.6 Å². The number of thiocarbonyl (C=S) groups is 1. The molecular formula is C4H12ClN3S. The van der Waals surface area contributed by atoms with Gasteiger partial charge in [-0.1, -0.05) is 12.2 Å². The smallest absolute Gasteiger partial charge is 0.107 e. The molecule has 0 aliphatic carbocycles. The Hall–Kier alpha value is 0.1000. The zero-order chi connectivity index (χ0) is 6.57. The van der Waals surface area contributed by atoms with Gasteiger partial charge in [-0.2, -0.15) is 0 Å². The molecule has 0 radical (unpaired) electrons. The summed E-state index contributed by atoms with van der Waals surface area (Å²) in [5.74, 6) is 0. The summed E-state index contributed by atoms with van der Waals surface area (Å²) in [7, 11) is 3.60. The molecule has 0 atom stereocenters. The molecule has 0 aliphatic rings. The number of hydrazine groups is 2. The normalized spacial score (nSPS) is 7.89. The van der Waals surface area contributed by atoms with Crippen LogP contribution < -0.4 is 10.9 Å². The zero-order valence-electron chi connectivity index (χ0n) is 5.76.